The Kier molecular flexibility index (Phi) is 6.39. The third-order valence-corrected chi connectivity index (χ3v) is 2.97. The minimum Gasteiger partial charge on any atom is -0.395 e. The van der Waals surface area contributed by atoms with Crippen molar-refractivity contribution in [2.45, 2.75) is 19.8 Å². The van der Waals surface area contributed by atoms with Crippen molar-refractivity contribution in [1.82, 2.24) is 9.88 Å². The Labute approximate surface area is 117 Å². The lowest BCUT2D eigenvalue weighted by atomic mass is 10.2. The first kappa shape index (κ1) is 15.2. The van der Waals surface area contributed by atoms with Crippen LogP contribution in [0.1, 0.15) is 30.3 Å². The highest BCUT2D eigenvalue weighted by Gasteiger charge is 2.19. The van der Waals surface area contributed by atoms with Gasteiger partial charge in [0.1, 0.15) is 10.8 Å². The van der Waals surface area contributed by atoms with Gasteiger partial charge in [-0.05, 0) is 18.6 Å². The van der Waals surface area contributed by atoms with Crippen LogP contribution in [0.4, 0.5) is 0 Å². The number of amides is 1. The largest absolute Gasteiger partial charge is 0.395 e. The van der Waals surface area contributed by atoms with Crippen molar-refractivity contribution in [2.75, 3.05) is 19.7 Å². The number of aliphatic hydroxyl groups excluding tert-OH is 1. The van der Waals surface area contributed by atoms with Crippen LogP contribution in [-0.4, -0.2) is 40.6 Å². The van der Waals surface area contributed by atoms with Crippen molar-refractivity contribution in [3.8, 4) is 0 Å². The number of aromatic nitrogens is 1. The molecule has 100 valence electrons. The molecular formula is C12H16Cl2N2O2. The SMILES string of the molecule is CCCCN(CCO)C(=O)c1nc(Cl)ccc1Cl. The summed E-state index contributed by atoms with van der Waals surface area (Å²) in [6.45, 7) is 2.78. The quantitative estimate of drug-likeness (QED) is 0.820. The number of hydrogen-bond donors (Lipinski definition) is 1. The number of carbonyl (C=O) groups excluding carboxylic acids is 1. The van der Waals surface area contributed by atoms with Gasteiger partial charge >= 0.3 is 0 Å². The van der Waals surface area contributed by atoms with E-state index in [-0.39, 0.29) is 34.9 Å². The van der Waals surface area contributed by atoms with Gasteiger partial charge in [0.15, 0.2) is 0 Å². The lowest BCUT2D eigenvalue weighted by Crippen LogP contribution is -2.35. The molecule has 0 saturated heterocycles. The maximum Gasteiger partial charge on any atom is 0.274 e. The first-order chi connectivity index (χ1) is 8.60. The number of unbranched alkanes of at least 4 members (excludes halogenated alkanes) is 1. The van der Waals surface area contributed by atoms with Crippen LogP contribution < -0.4 is 0 Å². The zero-order valence-electron chi connectivity index (χ0n) is 10.2. The number of aliphatic hydroxyl groups is 1. The maximum absolute atomic E-state index is 12.2. The van der Waals surface area contributed by atoms with E-state index in [1.54, 1.807) is 6.07 Å². The molecular weight excluding hydrogens is 275 g/mol. The molecule has 1 aromatic heterocycles. The second kappa shape index (κ2) is 7.56. The first-order valence-corrected chi connectivity index (χ1v) is 6.58. The summed E-state index contributed by atoms with van der Waals surface area (Å²) in [4.78, 5) is 17.7. The molecule has 0 aromatic carbocycles. The topological polar surface area (TPSA) is 53.4 Å². The van der Waals surface area contributed by atoms with Crippen LogP contribution in [-0.2, 0) is 0 Å². The van der Waals surface area contributed by atoms with Gasteiger partial charge in [-0.25, -0.2) is 4.98 Å². The highest BCUT2D eigenvalue weighted by molar-refractivity contribution is 6.34. The summed E-state index contributed by atoms with van der Waals surface area (Å²) in [5, 5.41) is 9.47. The highest BCUT2D eigenvalue weighted by Crippen LogP contribution is 2.18. The molecule has 4 nitrogen and oxygen atoms in total. The normalized spacial score (nSPS) is 10.4. The van der Waals surface area contributed by atoms with E-state index in [1.807, 2.05) is 6.92 Å². The summed E-state index contributed by atoms with van der Waals surface area (Å²) in [6.07, 6.45) is 1.83. The number of rotatable bonds is 6. The Morgan fingerprint density at radius 3 is 2.72 bits per heavy atom. The van der Waals surface area contributed by atoms with Crippen LogP contribution in [0.5, 0.6) is 0 Å². The zero-order valence-corrected chi connectivity index (χ0v) is 11.7. The van der Waals surface area contributed by atoms with Crippen molar-refractivity contribution < 1.29 is 9.90 Å². The molecule has 0 aliphatic carbocycles. The van der Waals surface area contributed by atoms with Gasteiger partial charge in [-0.2, -0.15) is 0 Å². The van der Waals surface area contributed by atoms with Gasteiger partial charge in [0.2, 0.25) is 0 Å². The van der Waals surface area contributed by atoms with Crippen molar-refractivity contribution in [3.05, 3.63) is 28.0 Å². The molecule has 1 N–H and O–H groups in total. The summed E-state index contributed by atoms with van der Waals surface area (Å²) in [7, 11) is 0. The Bertz CT molecular complexity index is 413. The minimum atomic E-state index is -0.301. The van der Waals surface area contributed by atoms with Crippen molar-refractivity contribution in [2.24, 2.45) is 0 Å². The molecule has 0 radical (unpaired) electrons. The summed E-state index contributed by atoms with van der Waals surface area (Å²) in [5.74, 6) is -0.301. The number of halogens is 2. The Morgan fingerprint density at radius 2 is 2.11 bits per heavy atom. The highest BCUT2D eigenvalue weighted by atomic mass is 35.5. The van der Waals surface area contributed by atoms with E-state index in [1.165, 1.54) is 11.0 Å². The predicted octanol–water partition coefficient (Wildman–Crippen LogP) is 2.62. The van der Waals surface area contributed by atoms with Gasteiger partial charge in [0.05, 0.1) is 11.6 Å². The molecule has 0 aliphatic heterocycles. The van der Waals surface area contributed by atoms with Gasteiger partial charge in [0.25, 0.3) is 5.91 Å². The van der Waals surface area contributed by atoms with E-state index in [4.69, 9.17) is 28.3 Å². The van der Waals surface area contributed by atoms with Crippen LogP contribution in [0.2, 0.25) is 10.2 Å². The van der Waals surface area contributed by atoms with E-state index < -0.39 is 0 Å². The Hall–Kier alpha value is -0.840. The average molecular weight is 291 g/mol. The monoisotopic (exact) mass is 290 g/mol. The van der Waals surface area contributed by atoms with E-state index >= 15 is 0 Å². The van der Waals surface area contributed by atoms with Crippen LogP contribution in [0, 0.1) is 0 Å². The van der Waals surface area contributed by atoms with Crippen molar-refractivity contribution >= 4 is 29.1 Å². The van der Waals surface area contributed by atoms with Crippen LogP contribution in [0.3, 0.4) is 0 Å². The van der Waals surface area contributed by atoms with Gasteiger partial charge in [0, 0.05) is 13.1 Å². The zero-order chi connectivity index (χ0) is 13.5. The lowest BCUT2D eigenvalue weighted by Gasteiger charge is -2.21. The number of carbonyl (C=O) groups is 1. The number of nitrogens with zero attached hydrogens (tertiary/aromatic N) is 2. The molecule has 0 spiro atoms. The molecule has 0 fully saturated rings. The molecule has 0 unspecified atom stereocenters. The smallest absolute Gasteiger partial charge is 0.274 e. The number of hydrogen-bond acceptors (Lipinski definition) is 3. The second-order valence-corrected chi connectivity index (χ2v) is 4.63. The van der Waals surface area contributed by atoms with Crippen LogP contribution in [0.15, 0.2) is 12.1 Å². The van der Waals surface area contributed by atoms with Gasteiger partial charge < -0.3 is 10.0 Å². The summed E-state index contributed by atoms with van der Waals surface area (Å²) >= 11 is 11.7. The Balaban J connectivity index is 2.90. The summed E-state index contributed by atoms with van der Waals surface area (Å²) < 4.78 is 0. The molecule has 0 saturated carbocycles. The molecule has 0 bridgehead atoms. The first-order valence-electron chi connectivity index (χ1n) is 5.82. The van der Waals surface area contributed by atoms with E-state index in [2.05, 4.69) is 4.98 Å². The minimum absolute atomic E-state index is 0.0896. The lowest BCUT2D eigenvalue weighted by molar-refractivity contribution is 0.0713. The van der Waals surface area contributed by atoms with Crippen LogP contribution >= 0.6 is 23.2 Å². The predicted molar refractivity (Wildman–Crippen MR) is 72.2 cm³/mol. The Morgan fingerprint density at radius 1 is 1.39 bits per heavy atom. The van der Waals surface area contributed by atoms with Gasteiger partial charge in [-0.3, -0.25) is 4.79 Å². The molecule has 6 heteroatoms. The summed E-state index contributed by atoms with van der Waals surface area (Å²) in [6, 6.07) is 3.07. The van der Waals surface area contributed by atoms with Gasteiger partial charge in [-0.1, -0.05) is 36.5 Å². The fourth-order valence-corrected chi connectivity index (χ4v) is 1.84. The van der Waals surface area contributed by atoms with E-state index in [9.17, 15) is 4.79 Å². The maximum atomic E-state index is 12.2. The molecule has 0 atom stereocenters. The molecule has 1 aromatic rings. The third kappa shape index (κ3) is 4.12. The fraction of sp³-hybridized carbons (Fsp3) is 0.500. The van der Waals surface area contributed by atoms with Crippen molar-refractivity contribution in [3.63, 3.8) is 0 Å². The van der Waals surface area contributed by atoms with E-state index in [0.717, 1.165) is 12.8 Å². The number of pyridine rings is 1. The third-order valence-electron chi connectivity index (χ3n) is 2.45. The van der Waals surface area contributed by atoms with Gasteiger partial charge in [-0.15, -0.1) is 0 Å². The molecule has 18 heavy (non-hydrogen) atoms. The molecule has 1 heterocycles. The molecule has 1 amide bonds. The van der Waals surface area contributed by atoms with E-state index in [0.29, 0.717) is 6.54 Å². The second-order valence-electron chi connectivity index (χ2n) is 3.83. The standard InChI is InChI=1S/C12H16Cl2N2O2/c1-2-3-6-16(7-8-17)12(18)11-9(13)4-5-10(14)15-11/h4-5,17H,2-3,6-8H2,1H3. The molecule has 0 aliphatic rings. The fourth-order valence-electron chi connectivity index (χ4n) is 1.50. The summed E-state index contributed by atoms with van der Waals surface area (Å²) in [5.41, 5.74) is 0.133. The molecule has 1 rings (SSSR count). The van der Waals surface area contributed by atoms with Crippen molar-refractivity contribution in [1.29, 1.82) is 0 Å². The van der Waals surface area contributed by atoms with Crippen LogP contribution in [0.25, 0.3) is 0 Å². The average Bonchev–Trinajstić information content (AvgIpc) is 2.36.